The minimum Gasteiger partial charge on any atom is -0.339 e. The molecule has 3 nitrogen and oxygen atoms in total. The van der Waals surface area contributed by atoms with Crippen LogP contribution < -0.4 is 0 Å². The van der Waals surface area contributed by atoms with Crippen LogP contribution in [0.3, 0.4) is 0 Å². The molecule has 2 aromatic rings. The predicted octanol–water partition coefficient (Wildman–Crippen LogP) is 3.74. The van der Waals surface area contributed by atoms with Crippen LogP contribution in [0.4, 0.5) is 0 Å². The summed E-state index contributed by atoms with van der Waals surface area (Å²) in [6.45, 7) is 6.78. The Morgan fingerprint density at radius 2 is 1.89 bits per heavy atom. The van der Waals surface area contributed by atoms with E-state index in [-0.39, 0.29) is 0 Å². The van der Waals surface area contributed by atoms with Crippen molar-refractivity contribution >= 4 is 0 Å². The molecule has 1 saturated carbocycles. The molecule has 1 fully saturated rings. The largest absolute Gasteiger partial charge is 0.339 e. The first-order valence-corrected chi connectivity index (χ1v) is 6.57. The Kier molecular flexibility index (Phi) is 2.69. The maximum absolute atomic E-state index is 5.43. The fourth-order valence-electron chi connectivity index (χ4n) is 2.98. The Balaban J connectivity index is 1.83. The van der Waals surface area contributed by atoms with Crippen molar-refractivity contribution in [2.45, 2.75) is 26.7 Å². The Morgan fingerprint density at radius 1 is 1.17 bits per heavy atom. The molecular weight excluding hydrogens is 224 g/mol. The second kappa shape index (κ2) is 4.23. The van der Waals surface area contributed by atoms with E-state index in [1.54, 1.807) is 0 Å². The van der Waals surface area contributed by atoms with Gasteiger partial charge in [-0.05, 0) is 17.8 Å². The normalized spacial score (nSPS) is 26.6. The van der Waals surface area contributed by atoms with Crippen molar-refractivity contribution in [1.82, 2.24) is 10.1 Å². The molecule has 0 saturated heterocycles. The molecule has 1 heterocycles. The molecule has 0 aliphatic heterocycles. The lowest BCUT2D eigenvalue weighted by molar-refractivity contribution is 0.369. The van der Waals surface area contributed by atoms with Crippen LogP contribution in [0.5, 0.6) is 0 Å². The average molecular weight is 242 g/mol. The van der Waals surface area contributed by atoms with Crippen molar-refractivity contribution in [3.05, 3.63) is 36.2 Å². The van der Waals surface area contributed by atoms with E-state index in [0.717, 1.165) is 11.5 Å². The van der Waals surface area contributed by atoms with Gasteiger partial charge < -0.3 is 4.52 Å². The Morgan fingerprint density at radius 3 is 2.50 bits per heavy atom. The van der Waals surface area contributed by atoms with Crippen LogP contribution in [-0.4, -0.2) is 10.1 Å². The maximum atomic E-state index is 5.43. The highest BCUT2D eigenvalue weighted by Crippen LogP contribution is 2.56. The van der Waals surface area contributed by atoms with E-state index in [1.165, 1.54) is 0 Å². The first-order chi connectivity index (χ1) is 8.68. The SMILES string of the molecule is CC(C)C1C(C)C1c1nc(-c2ccccc2)no1. The summed E-state index contributed by atoms with van der Waals surface area (Å²) in [5.41, 5.74) is 1.02. The Bertz CT molecular complexity index is 532. The second-order valence-electron chi connectivity index (χ2n) is 5.53. The van der Waals surface area contributed by atoms with Gasteiger partial charge in [-0.15, -0.1) is 0 Å². The van der Waals surface area contributed by atoms with Crippen molar-refractivity contribution in [2.24, 2.45) is 17.8 Å². The van der Waals surface area contributed by atoms with E-state index >= 15 is 0 Å². The number of rotatable bonds is 3. The minimum atomic E-state index is 0.454. The molecule has 3 unspecified atom stereocenters. The van der Waals surface area contributed by atoms with Gasteiger partial charge in [0.1, 0.15) is 0 Å². The fourth-order valence-corrected chi connectivity index (χ4v) is 2.98. The highest BCUT2D eigenvalue weighted by molar-refractivity contribution is 5.53. The highest BCUT2D eigenvalue weighted by Gasteiger charge is 2.52. The standard InChI is InChI=1S/C15H18N2O/c1-9(2)12-10(3)13(12)15-16-14(17-18-15)11-7-5-4-6-8-11/h4-10,12-13H,1-3H3. The van der Waals surface area contributed by atoms with Crippen molar-refractivity contribution in [3.63, 3.8) is 0 Å². The molecule has 0 N–H and O–H groups in total. The zero-order valence-corrected chi connectivity index (χ0v) is 11.0. The summed E-state index contributed by atoms with van der Waals surface area (Å²) < 4.78 is 5.43. The van der Waals surface area contributed by atoms with E-state index in [9.17, 15) is 0 Å². The van der Waals surface area contributed by atoms with E-state index < -0.39 is 0 Å². The fraction of sp³-hybridized carbons (Fsp3) is 0.467. The summed E-state index contributed by atoms with van der Waals surface area (Å²) in [6, 6.07) is 9.97. The third kappa shape index (κ3) is 1.84. The number of aromatic nitrogens is 2. The lowest BCUT2D eigenvalue weighted by Gasteiger charge is -1.99. The Labute approximate surface area is 107 Å². The van der Waals surface area contributed by atoms with Gasteiger partial charge in [0.15, 0.2) is 0 Å². The summed E-state index contributed by atoms with van der Waals surface area (Å²) in [4.78, 5) is 4.55. The van der Waals surface area contributed by atoms with Gasteiger partial charge in [0, 0.05) is 11.5 Å². The summed E-state index contributed by atoms with van der Waals surface area (Å²) in [5.74, 6) is 3.99. The van der Waals surface area contributed by atoms with E-state index in [0.29, 0.717) is 29.5 Å². The van der Waals surface area contributed by atoms with Crippen LogP contribution in [0.25, 0.3) is 11.4 Å². The van der Waals surface area contributed by atoms with E-state index in [1.807, 2.05) is 30.3 Å². The first-order valence-electron chi connectivity index (χ1n) is 6.57. The molecule has 1 aliphatic carbocycles. The molecule has 18 heavy (non-hydrogen) atoms. The lowest BCUT2D eigenvalue weighted by atomic mass is 10.1. The minimum absolute atomic E-state index is 0.454. The van der Waals surface area contributed by atoms with Crippen LogP contribution in [0.15, 0.2) is 34.9 Å². The molecule has 0 bridgehead atoms. The van der Waals surface area contributed by atoms with Gasteiger partial charge in [-0.2, -0.15) is 4.98 Å². The quantitative estimate of drug-likeness (QED) is 0.823. The molecule has 1 aliphatic rings. The Hall–Kier alpha value is -1.64. The second-order valence-corrected chi connectivity index (χ2v) is 5.53. The van der Waals surface area contributed by atoms with Gasteiger partial charge in [0.25, 0.3) is 0 Å². The predicted molar refractivity (Wildman–Crippen MR) is 70.0 cm³/mol. The number of hydrogen-bond acceptors (Lipinski definition) is 3. The summed E-state index contributed by atoms with van der Waals surface area (Å²) in [5, 5.41) is 4.09. The first kappa shape index (κ1) is 11.5. The van der Waals surface area contributed by atoms with Crippen LogP contribution >= 0.6 is 0 Å². The van der Waals surface area contributed by atoms with Gasteiger partial charge in [0.2, 0.25) is 11.7 Å². The van der Waals surface area contributed by atoms with Gasteiger partial charge in [-0.1, -0.05) is 56.3 Å². The third-order valence-corrected chi connectivity index (χ3v) is 3.98. The summed E-state index contributed by atoms with van der Waals surface area (Å²) >= 11 is 0. The molecule has 1 aromatic heterocycles. The van der Waals surface area contributed by atoms with Gasteiger partial charge in [-0.3, -0.25) is 0 Å². The molecule has 0 spiro atoms. The maximum Gasteiger partial charge on any atom is 0.230 e. The molecule has 0 amide bonds. The highest BCUT2D eigenvalue weighted by atomic mass is 16.5. The van der Waals surface area contributed by atoms with Crippen molar-refractivity contribution in [1.29, 1.82) is 0 Å². The lowest BCUT2D eigenvalue weighted by Crippen LogP contribution is -1.93. The summed E-state index contributed by atoms with van der Waals surface area (Å²) in [6.07, 6.45) is 0. The average Bonchev–Trinajstić information content (AvgIpc) is 2.85. The van der Waals surface area contributed by atoms with Gasteiger partial charge >= 0.3 is 0 Å². The number of benzene rings is 1. The molecule has 94 valence electrons. The molecule has 1 aromatic carbocycles. The molecule has 3 heteroatoms. The smallest absolute Gasteiger partial charge is 0.230 e. The molecule has 3 rings (SSSR count). The van der Waals surface area contributed by atoms with Gasteiger partial charge in [-0.25, -0.2) is 0 Å². The number of hydrogen-bond donors (Lipinski definition) is 0. The molecular formula is C15H18N2O. The van der Waals surface area contributed by atoms with Crippen LogP contribution in [0, 0.1) is 17.8 Å². The summed E-state index contributed by atoms with van der Waals surface area (Å²) in [7, 11) is 0. The van der Waals surface area contributed by atoms with Gasteiger partial charge in [0.05, 0.1) is 0 Å². The zero-order chi connectivity index (χ0) is 12.7. The number of nitrogens with zero attached hydrogens (tertiary/aromatic N) is 2. The molecule has 0 radical (unpaired) electrons. The van der Waals surface area contributed by atoms with E-state index in [4.69, 9.17) is 4.52 Å². The third-order valence-electron chi connectivity index (χ3n) is 3.98. The van der Waals surface area contributed by atoms with Crippen molar-refractivity contribution < 1.29 is 4.52 Å². The zero-order valence-electron chi connectivity index (χ0n) is 11.0. The van der Waals surface area contributed by atoms with Crippen LogP contribution in [-0.2, 0) is 0 Å². The van der Waals surface area contributed by atoms with Crippen molar-refractivity contribution in [2.75, 3.05) is 0 Å². The van der Waals surface area contributed by atoms with Crippen LogP contribution in [0.1, 0.15) is 32.6 Å². The van der Waals surface area contributed by atoms with E-state index in [2.05, 4.69) is 30.9 Å². The molecule has 3 atom stereocenters. The van der Waals surface area contributed by atoms with Crippen molar-refractivity contribution in [3.8, 4) is 11.4 Å². The van der Waals surface area contributed by atoms with Crippen LogP contribution in [0.2, 0.25) is 0 Å². The monoisotopic (exact) mass is 242 g/mol. The topological polar surface area (TPSA) is 38.9 Å².